The summed E-state index contributed by atoms with van der Waals surface area (Å²) >= 11 is 0. The summed E-state index contributed by atoms with van der Waals surface area (Å²) in [6, 6.07) is 3.13. The van der Waals surface area contributed by atoms with Gasteiger partial charge < -0.3 is 39.6 Å². The van der Waals surface area contributed by atoms with Crippen molar-refractivity contribution in [2.75, 3.05) is 52.0 Å². The number of nitrogens with one attached hydrogen (secondary N) is 2. The average Bonchev–Trinajstić information content (AvgIpc) is 2.81. The summed E-state index contributed by atoms with van der Waals surface area (Å²) in [5, 5.41) is 33.6. The molecular weight excluding hydrogens is 488 g/mol. The van der Waals surface area contributed by atoms with E-state index in [-0.39, 0.29) is 69.6 Å². The van der Waals surface area contributed by atoms with Crippen LogP contribution in [-0.2, 0) is 28.7 Å². The highest BCUT2D eigenvalue weighted by Crippen LogP contribution is 2.33. The van der Waals surface area contributed by atoms with Crippen molar-refractivity contribution >= 4 is 17.5 Å². The minimum absolute atomic E-state index is 0.0152. The van der Waals surface area contributed by atoms with E-state index in [1.807, 2.05) is 0 Å². The van der Waals surface area contributed by atoms with Gasteiger partial charge in [-0.3, -0.25) is 9.59 Å². The Morgan fingerprint density at radius 2 is 1.81 bits per heavy atom. The maximum atomic E-state index is 11.9. The van der Waals surface area contributed by atoms with Crippen molar-refractivity contribution in [1.82, 2.24) is 5.32 Å². The zero-order chi connectivity index (χ0) is 26.9. The monoisotopic (exact) mass is 518 g/mol. The van der Waals surface area contributed by atoms with Crippen LogP contribution in [0.25, 0.3) is 0 Å². The van der Waals surface area contributed by atoms with Crippen LogP contribution >= 0.6 is 0 Å². The Kier molecular flexibility index (Phi) is 13.9. The highest BCUT2D eigenvalue weighted by Gasteiger charge is 2.16. The first-order chi connectivity index (χ1) is 17.1. The van der Waals surface area contributed by atoms with Gasteiger partial charge in [-0.05, 0) is 31.9 Å². The highest BCUT2D eigenvalue weighted by atomic mass is 17.0. The molecule has 3 N–H and O–H groups in total. The van der Waals surface area contributed by atoms with Crippen molar-refractivity contribution in [2.45, 2.75) is 32.3 Å². The fourth-order valence-corrected chi connectivity index (χ4v) is 2.85. The largest absolute Gasteiger partial charge is 0.505 e. The fourth-order valence-electron chi connectivity index (χ4n) is 2.85. The second-order valence-corrected chi connectivity index (χ2v) is 7.21. The minimum Gasteiger partial charge on any atom is -0.505 e. The fraction of sp³-hybridized carbons (Fsp3) is 0.600. The van der Waals surface area contributed by atoms with E-state index in [0.29, 0.717) is 11.3 Å². The normalized spacial score (nSPS) is 11.3. The number of aromatic hydroxyl groups is 1. The number of amides is 2. The molecule has 0 radical (unpaired) electrons. The Hall–Kier alpha value is -3.92. The van der Waals surface area contributed by atoms with Crippen molar-refractivity contribution in [3.63, 3.8) is 0 Å². The molecule has 36 heavy (non-hydrogen) atoms. The van der Waals surface area contributed by atoms with Crippen molar-refractivity contribution in [3.05, 3.63) is 37.9 Å². The summed E-state index contributed by atoms with van der Waals surface area (Å²) in [6.07, 6.45) is -0.927. The topological polar surface area (TPSA) is 211 Å². The van der Waals surface area contributed by atoms with Gasteiger partial charge in [0.25, 0.3) is 10.2 Å². The standard InChI is InChI=1S/C20H30N4O12/c1-14-17(32-2)7-6-16(20(14)27)22-19(26)13-34-11-10-33-9-8-21-18(25)5-3-4-15(36-24(30)31)12-35-23(28)29/h6-7,15,27H,3-5,8-13H2,1-2H3,(H,21,25)(H,22,26). The predicted octanol–water partition coefficient (Wildman–Crippen LogP) is 0.753. The number of nitrogens with zero attached hydrogens (tertiary/aromatic N) is 2. The summed E-state index contributed by atoms with van der Waals surface area (Å²) in [4.78, 5) is 52.6. The predicted molar refractivity (Wildman–Crippen MR) is 121 cm³/mol. The summed E-state index contributed by atoms with van der Waals surface area (Å²) in [6.45, 7) is 1.47. The number of phenolic OH excluding ortho intramolecular Hbond substituents is 1. The van der Waals surface area contributed by atoms with Gasteiger partial charge in [0.15, 0.2) is 0 Å². The Morgan fingerprint density at radius 3 is 2.47 bits per heavy atom. The molecule has 0 aliphatic rings. The SMILES string of the molecule is COc1ccc(NC(=O)COCCOCCNC(=O)CCCC(CO[N+](=O)[O-])O[N+](=O)[O-])c(O)c1C. The van der Waals surface area contributed by atoms with Gasteiger partial charge in [0.2, 0.25) is 11.8 Å². The third kappa shape index (κ3) is 12.5. The molecule has 1 aromatic rings. The molecule has 0 bridgehead atoms. The van der Waals surface area contributed by atoms with Gasteiger partial charge >= 0.3 is 0 Å². The third-order valence-electron chi connectivity index (χ3n) is 4.58. The molecule has 202 valence electrons. The number of anilines is 1. The second-order valence-electron chi connectivity index (χ2n) is 7.21. The molecule has 1 rings (SSSR count). The molecule has 0 saturated heterocycles. The van der Waals surface area contributed by atoms with E-state index in [1.54, 1.807) is 13.0 Å². The molecular formula is C20H30N4O12. The Balaban J connectivity index is 2.11. The number of rotatable bonds is 19. The maximum Gasteiger partial charge on any atom is 0.294 e. The molecule has 2 amide bonds. The van der Waals surface area contributed by atoms with Crippen molar-refractivity contribution in [2.24, 2.45) is 0 Å². The van der Waals surface area contributed by atoms with E-state index < -0.39 is 28.8 Å². The van der Waals surface area contributed by atoms with Gasteiger partial charge in [-0.1, -0.05) is 0 Å². The summed E-state index contributed by atoms with van der Waals surface area (Å²) < 4.78 is 15.6. The molecule has 0 aliphatic carbocycles. The molecule has 0 fully saturated rings. The van der Waals surface area contributed by atoms with E-state index in [1.165, 1.54) is 13.2 Å². The van der Waals surface area contributed by atoms with Crippen LogP contribution in [0.3, 0.4) is 0 Å². The van der Waals surface area contributed by atoms with E-state index in [2.05, 4.69) is 20.3 Å². The van der Waals surface area contributed by atoms with Crippen molar-refractivity contribution in [1.29, 1.82) is 0 Å². The maximum absolute atomic E-state index is 11.9. The number of benzene rings is 1. The first kappa shape index (κ1) is 30.1. The van der Waals surface area contributed by atoms with Crippen LogP contribution < -0.4 is 15.4 Å². The summed E-state index contributed by atoms with van der Waals surface area (Å²) in [7, 11) is 1.47. The zero-order valence-corrected chi connectivity index (χ0v) is 19.9. The number of carbonyl (C=O) groups is 2. The quantitative estimate of drug-likeness (QED) is 0.100. The lowest BCUT2D eigenvalue weighted by molar-refractivity contribution is -0.790. The summed E-state index contributed by atoms with van der Waals surface area (Å²) in [5.41, 5.74) is 0.728. The van der Waals surface area contributed by atoms with Crippen LogP contribution in [-0.4, -0.2) is 79.9 Å². The molecule has 0 aliphatic heterocycles. The van der Waals surface area contributed by atoms with Gasteiger partial charge in [0.05, 0.1) is 32.6 Å². The smallest absolute Gasteiger partial charge is 0.294 e. The third-order valence-corrected chi connectivity index (χ3v) is 4.58. The molecule has 1 atom stereocenters. The zero-order valence-electron chi connectivity index (χ0n) is 19.9. The van der Waals surface area contributed by atoms with E-state index in [4.69, 9.17) is 14.2 Å². The van der Waals surface area contributed by atoms with E-state index >= 15 is 0 Å². The van der Waals surface area contributed by atoms with Crippen LogP contribution in [0.5, 0.6) is 11.5 Å². The summed E-state index contributed by atoms with van der Waals surface area (Å²) in [5.74, 6) is -0.399. The van der Waals surface area contributed by atoms with Gasteiger partial charge in [0, 0.05) is 18.5 Å². The lowest BCUT2D eigenvalue weighted by Gasteiger charge is -2.13. The lowest BCUT2D eigenvalue weighted by atomic mass is 10.1. The first-order valence-corrected chi connectivity index (χ1v) is 10.8. The number of carbonyl (C=O) groups excluding carboxylic acids is 2. The molecule has 1 unspecified atom stereocenters. The Morgan fingerprint density at radius 1 is 1.08 bits per heavy atom. The van der Waals surface area contributed by atoms with Gasteiger partial charge in [-0.25, -0.2) is 0 Å². The second kappa shape index (κ2) is 16.7. The van der Waals surface area contributed by atoms with Gasteiger partial charge in [-0.2, -0.15) is 0 Å². The lowest BCUT2D eigenvalue weighted by Crippen LogP contribution is -2.28. The molecule has 0 saturated carbocycles. The van der Waals surface area contributed by atoms with E-state index in [9.17, 15) is 34.9 Å². The minimum atomic E-state index is -1.16. The van der Waals surface area contributed by atoms with Crippen molar-refractivity contribution in [3.8, 4) is 11.5 Å². The molecule has 16 nitrogen and oxygen atoms in total. The Labute approximate surface area is 206 Å². The van der Waals surface area contributed by atoms with Gasteiger partial charge in [-0.15, -0.1) is 20.2 Å². The van der Waals surface area contributed by atoms with Gasteiger partial charge in [0.1, 0.15) is 30.8 Å². The molecule has 16 heteroatoms. The van der Waals surface area contributed by atoms with Crippen LogP contribution in [0.15, 0.2) is 12.1 Å². The molecule has 0 spiro atoms. The van der Waals surface area contributed by atoms with Crippen molar-refractivity contribution < 1.29 is 48.8 Å². The number of phenols is 1. The number of hydrogen-bond acceptors (Lipinski definition) is 12. The number of methoxy groups -OCH3 is 1. The van der Waals surface area contributed by atoms with Crippen LogP contribution in [0.1, 0.15) is 24.8 Å². The average molecular weight is 518 g/mol. The molecule has 0 aromatic heterocycles. The van der Waals surface area contributed by atoms with Crippen LogP contribution in [0.2, 0.25) is 0 Å². The number of hydrogen-bond donors (Lipinski definition) is 3. The highest BCUT2D eigenvalue weighted by molar-refractivity contribution is 5.93. The molecule has 0 heterocycles. The Bertz CT molecular complexity index is 882. The number of ether oxygens (including phenoxy) is 3. The van der Waals surface area contributed by atoms with Crippen LogP contribution in [0, 0.1) is 27.2 Å². The molecule has 1 aromatic carbocycles. The van der Waals surface area contributed by atoms with Crippen LogP contribution in [0.4, 0.5) is 5.69 Å². The first-order valence-electron chi connectivity index (χ1n) is 10.8. The van der Waals surface area contributed by atoms with E-state index in [0.717, 1.165) is 0 Å².